The van der Waals surface area contributed by atoms with E-state index in [2.05, 4.69) is 0 Å². The van der Waals surface area contributed by atoms with Crippen molar-refractivity contribution < 1.29 is 24.1 Å². The quantitative estimate of drug-likeness (QED) is 0.577. The molecule has 0 fully saturated rings. The zero-order valence-electron chi connectivity index (χ0n) is 14.6. The van der Waals surface area contributed by atoms with Crippen LogP contribution in [0.4, 0.5) is 0 Å². The van der Waals surface area contributed by atoms with Gasteiger partial charge in [-0.25, -0.2) is 4.79 Å². The molecule has 132 valence electrons. The van der Waals surface area contributed by atoms with Crippen molar-refractivity contribution >= 4 is 17.6 Å². The van der Waals surface area contributed by atoms with E-state index in [0.29, 0.717) is 23.7 Å². The van der Waals surface area contributed by atoms with E-state index >= 15 is 0 Å². The Morgan fingerprint density at radius 3 is 2.28 bits per heavy atom. The Labute approximate surface area is 147 Å². The molecule has 0 saturated heterocycles. The second-order valence-corrected chi connectivity index (χ2v) is 5.35. The van der Waals surface area contributed by atoms with Crippen LogP contribution in [0.15, 0.2) is 42.5 Å². The van der Waals surface area contributed by atoms with Gasteiger partial charge in [-0.3, -0.25) is 0 Å². The third-order valence-electron chi connectivity index (χ3n) is 3.59. The molecule has 0 unspecified atom stereocenters. The second kappa shape index (κ2) is 8.78. The van der Waals surface area contributed by atoms with Crippen LogP contribution >= 0.6 is 0 Å². The summed E-state index contributed by atoms with van der Waals surface area (Å²) in [4.78, 5) is 11.8. The molecule has 5 nitrogen and oxygen atoms in total. The van der Waals surface area contributed by atoms with Crippen molar-refractivity contribution in [2.75, 3.05) is 20.8 Å². The Bertz CT molecular complexity index is 747. The summed E-state index contributed by atoms with van der Waals surface area (Å²) in [6, 6.07) is 12.3. The first kappa shape index (κ1) is 18.4. The maximum absolute atomic E-state index is 11.8. The fourth-order valence-electron chi connectivity index (χ4n) is 2.33. The third kappa shape index (κ3) is 4.76. The van der Waals surface area contributed by atoms with E-state index in [1.54, 1.807) is 24.3 Å². The Morgan fingerprint density at radius 1 is 1.04 bits per heavy atom. The lowest BCUT2D eigenvalue weighted by atomic mass is 10.0. The van der Waals surface area contributed by atoms with Crippen LogP contribution in [0.5, 0.6) is 17.2 Å². The fraction of sp³-hybridized carbons (Fsp3) is 0.250. The molecule has 5 heteroatoms. The normalized spacial score (nSPS) is 11.1. The minimum atomic E-state index is -1.04. The molecular weight excluding hydrogens is 320 g/mol. The molecule has 0 saturated carbocycles. The molecule has 2 aromatic carbocycles. The predicted octanol–water partition coefficient (Wildman–Crippen LogP) is 4.12. The van der Waals surface area contributed by atoms with Crippen molar-refractivity contribution in [1.82, 2.24) is 0 Å². The standard InChI is InChI=1S/C20H22O5/c1-4-11-25-15-7-5-14(6-8-15)12-18(20(21)22)17-13-16(23-2)9-10-19(17)24-3/h5-10,12-13H,4,11H2,1-3H3,(H,21,22)/b18-12-. The first-order valence-corrected chi connectivity index (χ1v) is 7.99. The first-order chi connectivity index (χ1) is 12.1. The maximum Gasteiger partial charge on any atom is 0.336 e. The van der Waals surface area contributed by atoms with Gasteiger partial charge in [0.15, 0.2) is 0 Å². The highest BCUT2D eigenvalue weighted by atomic mass is 16.5. The largest absolute Gasteiger partial charge is 0.497 e. The second-order valence-electron chi connectivity index (χ2n) is 5.35. The minimum absolute atomic E-state index is 0.123. The number of aliphatic carboxylic acids is 1. The number of hydrogen-bond acceptors (Lipinski definition) is 4. The van der Waals surface area contributed by atoms with E-state index in [-0.39, 0.29) is 5.57 Å². The highest BCUT2D eigenvalue weighted by molar-refractivity contribution is 6.21. The van der Waals surface area contributed by atoms with Crippen molar-refractivity contribution in [1.29, 1.82) is 0 Å². The van der Waals surface area contributed by atoms with Crippen LogP contribution in [0.3, 0.4) is 0 Å². The predicted molar refractivity (Wildman–Crippen MR) is 97.3 cm³/mol. The maximum atomic E-state index is 11.8. The van der Waals surface area contributed by atoms with E-state index < -0.39 is 5.97 Å². The van der Waals surface area contributed by atoms with Crippen molar-refractivity contribution in [3.63, 3.8) is 0 Å². The molecule has 0 atom stereocenters. The van der Waals surface area contributed by atoms with Crippen LogP contribution in [0.1, 0.15) is 24.5 Å². The Balaban J connectivity index is 2.41. The van der Waals surface area contributed by atoms with Crippen molar-refractivity contribution in [3.05, 3.63) is 53.6 Å². The summed E-state index contributed by atoms with van der Waals surface area (Å²) in [7, 11) is 3.04. The number of carboxylic acids is 1. The molecule has 0 spiro atoms. The zero-order chi connectivity index (χ0) is 18.2. The number of carbonyl (C=O) groups is 1. The van der Waals surface area contributed by atoms with Crippen LogP contribution in [0, 0.1) is 0 Å². The van der Waals surface area contributed by atoms with Gasteiger partial charge in [-0.1, -0.05) is 19.1 Å². The van der Waals surface area contributed by atoms with Crippen LogP contribution in [0.2, 0.25) is 0 Å². The highest BCUT2D eigenvalue weighted by Gasteiger charge is 2.16. The highest BCUT2D eigenvalue weighted by Crippen LogP contribution is 2.31. The Kier molecular flexibility index (Phi) is 6.46. The summed E-state index contributed by atoms with van der Waals surface area (Å²) in [5.74, 6) is 0.747. The average molecular weight is 342 g/mol. The molecule has 0 bridgehead atoms. The van der Waals surface area contributed by atoms with Crippen molar-refractivity contribution in [2.24, 2.45) is 0 Å². The van der Waals surface area contributed by atoms with Gasteiger partial charge in [-0.05, 0) is 48.4 Å². The molecule has 2 rings (SSSR count). The number of ether oxygens (including phenoxy) is 3. The van der Waals surface area contributed by atoms with Gasteiger partial charge < -0.3 is 19.3 Å². The van der Waals surface area contributed by atoms with Crippen LogP contribution in [-0.2, 0) is 4.79 Å². The molecular formula is C20H22O5. The van der Waals surface area contributed by atoms with Crippen LogP contribution in [0.25, 0.3) is 11.6 Å². The summed E-state index contributed by atoms with van der Waals surface area (Å²) in [6.45, 7) is 2.69. The topological polar surface area (TPSA) is 65.0 Å². The number of benzene rings is 2. The van der Waals surface area contributed by atoms with Gasteiger partial charge in [0, 0.05) is 5.56 Å². The van der Waals surface area contributed by atoms with Crippen molar-refractivity contribution in [3.8, 4) is 17.2 Å². The zero-order valence-corrected chi connectivity index (χ0v) is 14.6. The number of methoxy groups -OCH3 is 2. The van der Waals surface area contributed by atoms with E-state index in [0.717, 1.165) is 17.7 Å². The lowest BCUT2D eigenvalue weighted by Gasteiger charge is -2.11. The van der Waals surface area contributed by atoms with Gasteiger partial charge in [0.05, 0.1) is 26.4 Å². The molecule has 0 amide bonds. The molecule has 0 aliphatic heterocycles. The summed E-state index contributed by atoms with van der Waals surface area (Å²) in [5.41, 5.74) is 1.34. The lowest BCUT2D eigenvalue weighted by molar-refractivity contribution is -0.130. The van der Waals surface area contributed by atoms with Crippen LogP contribution in [-0.4, -0.2) is 31.9 Å². The molecule has 0 radical (unpaired) electrons. The Morgan fingerprint density at radius 2 is 1.72 bits per heavy atom. The molecule has 25 heavy (non-hydrogen) atoms. The van der Waals surface area contributed by atoms with Crippen LogP contribution < -0.4 is 14.2 Å². The molecule has 0 heterocycles. The van der Waals surface area contributed by atoms with E-state index in [1.807, 2.05) is 31.2 Å². The van der Waals surface area contributed by atoms with Crippen molar-refractivity contribution in [2.45, 2.75) is 13.3 Å². The van der Waals surface area contributed by atoms with E-state index in [1.165, 1.54) is 14.2 Å². The smallest absolute Gasteiger partial charge is 0.336 e. The van der Waals surface area contributed by atoms with Gasteiger partial charge in [-0.15, -0.1) is 0 Å². The Hall–Kier alpha value is -2.95. The molecule has 0 aliphatic carbocycles. The molecule has 0 aliphatic rings. The van der Waals surface area contributed by atoms with Gasteiger partial charge in [-0.2, -0.15) is 0 Å². The lowest BCUT2D eigenvalue weighted by Crippen LogP contribution is -2.02. The summed E-state index contributed by atoms with van der Waals surface area (Å²) < 4.78 is 16.0. The number of rotatable bonds is 8. The van der Waals surface area contributed by atoms with Gasteiger partial charge in [0.2, 0.25) is 0 Å². The monoisotopic (exact) mass is 342 g/mol. The molecule has 0 aromatic heterocycles. The average Bonchev–Trinajstić information content (AvgIpc) is 2.64. The van der Waals surface area contributed by atoms with Gasteiger partial charge in [0.1, 0.15) is 17.2 Å². The van der Waals surface area contributed by atoms with Gasteiger partial charge >= 0.3 is 5.97 Å². The summed E-state index contributed by atoms with van der Waals surface area (Å²) >= 11 is 0. The third-order valence-corrected chi connectivity index (χ3v) is 3.59. The molecule has 1 N–H and O–H groups in total. The number of carboxylic acid groups (broad SMARTS) is 1. The SMILES string of the molecule is CCCOc1ccc(/C=C(\C(=O)O)c2cc(OC)ccc2OC)cc1. The first-order valence-electron chi connectivity index (χ1n) is 7.99. The molecule has 2 aromatic rings. The summed E-state index contributed by atoms with van der Waals surface area (Å²) in [5, 5.41) is 9.65. The van der Waals surface area contributed by atoms with E-state index in [9.17, 15) is 9.90 Å². The fourth-order valence-corrected chi connectivity index (χ4v) is 2.33. The summed E-state index contributed by atoms with van der Waals surface area (Å²) in [6.07, 6.45) is 2.53. The van der Waals surface area contributed by atoms with E-state index in [4.69, 9.17) is 14.2 Å². The number of hydrogen-bond donors (Lipinski definition) is 1. The minimum Gasteiger partial charge on any atom is -0.497 e. The van der Waals surface area contributed by atoms with Gasteiger partial charge in [0.25, 0.3) is 0 Å².